The first-order chi connectivity index (χ1) is 12.7. The Labute approximate surface area is 157 Å². The molecule has 0 saturated carbocycles. The molecule has 7 heteroatoms. The lowest BCUT2D eigenvalue weighted by molar-refractivity contribution is -0.157. The Morgan fingerprint density at radius 3 is 2.41 bits per heavy atom. The van der Waals surface area contributed by atoms with Gasteiger partial charge in [-0.3, -0.25) is 4.79 Å². The fourth-order valence-electron chi connectivity index (χ4n) is 2.05. The zero-order valence-corrected chi connectivity index (χ0v) is 15.4. The average molecular weight is 370 g/mol. The molecule has 1 amide bonds. The maximum atomic E-state index is 11.9. The summed E-state index contributed by atoms with van der Waals surface area (Å²) in [6.07, 6.45) is 1.45. The molecular weight excluding hydrogens is 348 g/mol. The van der Waals surface area contributed by atoms with Crippen LogP contribution in [0.15, 0.2) is 53.6 Å². The lowest BCUT2D eigenvalue weighted by Gasteiger charge is -2.19. The number of benzene rings is 2. The molecule has 142 valence electrons. The Balaban J connectivity index is 1.85. The van der Waals surface area contributed by atoms with Gasteiger partial charge in [-0.25, -0.2) is 10.2 Å². The SMILES string of the molecule is CC(C)(C)OC(=O)COc1ccc(/C=N\NC(=O)c2ccccc2O)cc1. The van der Waals surface area contributed by atoms with Crippen LogP contribution in [0.1, 0.15) is 36.7 Å². The Morgan fingerprint density at radius 2 is 1.78 bits per heavy atom. The second kappa shape index (κ2) is 8.84. The number of hydrazone groups is 1. The predicted molar refractivity (Wildman–Crippen MR) is 101 cm³/mol. The van der Waals surface area contributed by atoms with Gasteiger partial charge in [0, 0.05) is 0 Å². The summed E-state index contributed by atoms with van der Waals surface area (Å²) < 4.78 is 10.5. The van der Waals surface area contributed by atoms with E-state index in [9.17, 15) is 14.7 Å². The molecule has 0 aliphatic heterocycles. The Morgan fingerprint density at radius 1 is 1.11 bits per heavy atom. The van der Waals surface area contributed by atoms with E-state index in [1.54, 1.807) is 57.2 Å². The van der Waals surface area contributed by atoms with Crippen molar-refractivity contribution in [3.05, 3.63) is 59.7 Å². The largest absolute Gasteiger partial charge is 0.507 e. The number of ether oxygens (including phenoxy) is 2. The van der Waals surface area contributed by atoms with Crippen LogP contribution in [-0.4, -0.2) is 35.4 Å². The van der Waals surface area contributed by atoms with Gasteiger partial charge >= 0.3 is 5.97 Å². The maximum absolute atomic E-state index is 11.9. The summed E-state index contributed by atoms with van der Waals surface area (Å²) in [6.45, 7) is 5.19. The summed E-state index contributed by atoms with van der Waals surface area (Å²) in [5.74, 6) is -0.561. The van der Waals surface area contributed by atoms with E-state index in [2.05, 4.69) is 10.5 Å². The first-order valence-electron chi connectivity index (χ1n) is 8.31. The number of carbonyl (C=O) groups excluding carboxylic acids is 2. The van der Waals surface area contributed by atoms with Gasteiger partial charge < -0.3 is 14.6 Å². The Bertz CT molecular complexity index is 823. The quantitative estimate of drug-likeness (QED) is 0.463. The normalized spacial score (nSPS) is 11.2. The molecule has 0 aromatic heterocycles. The third kappa shape index (κ3) is 6.81. The number of rotatable bonds is 6. The summed E-state index contributed by atoms with van der Waals surface area (Å²) in [6, 6.07) is 13.0. The fourth-order valence-corrected chi connectivity index (χ4v) is 2.05. The number of hydrogen-bond donors (Lipinski definition) is 2. The molecule has 0 bridgehead atoms. The zero-order chi connectivity index (χ0) is 19.9. The Hall–Kier alpha value is -3.35. The number of esters is 1. The number of amides is 1. The molecule has 2 aromatic rings. The van der Waals surface area contributed by atoms with E-state index >= 15 is 0 Å². The second-order valence-corrected chi connectivity index (χ2v) is 6.66. The minimum Gasteiger partial charge on any atom is -0.507 e. The standard InChI is InChI=1S/C20H22N2O5/c1-20(2,3)27-18(24)13-26-15-10-8-14(9-11-15)12-21-22-19(25)16-6-4-5-7-17(16)23/h4-12,23H,13H2,1-3H3,(H,22,25)/b21-12-. The van der Waals surface area contributed by atoms with Crippen LogP contribution in [0, 0.1) is 0 Å². The average Bonchev–Trinajstić information content (AvgIpc) is 2.60. The first-order valence-corrected chi connectivity index (χ1v) is 8.31. The molecule has 0 radical (unpaired) electrons. The van der Waals surface area contributed by atoms with Crippen molar-refractivity contribution in [1.82, 2.24) is 5.43 Å². The van der Waals surface area contributed by atoms with Crippen LogP contribution in [0.25, 0.3) is 0 Å². The number of nitrogens with zero attached hydrogens (tertiary/aromatic N) is 1. The van der Waals surface area contributed by atoms with E-state index in [-0.39, 0.29) is 17.9 Å². The topological polar surface area (TPSA) is 97.2 Å². The molecule has 2 N–H and O–H groups in total. The van der Waals surface area contributed by atoms with Crippen molar-refractivity contribution in [2.45, 2.75) is 26.4 Å². The van der Waals surface area contributed by atoms with Crippen molar-refractivity contribution in [3.8, 4) is 11.5 Å². The van der Waals surface area contributed by atoms with Gasteiger partial charge in [0.15, 0.2) is 6.61 Å². The molecule has 0 heterocycles. The van der Waals surface area contributed by atoms with Crippen molar-refractivity contribution in [1.29, 1.82) is 0 Å². The molecule has 2 aromatic carbocycles. The number of carbonyl (C=O) groups is 2. The minimum absolute atomic E-state index is 0.114. The van der Waals surface area contributed by atoms with E-state index in [1.807, 2.05) is 0 Å². The number of para-hydroxylation sites is 1. The maximum Gasteiger partial charge on any atom is 0.344 e. The highest BCUT2D eigenvalue weighted by atomic mass is 16.6. The number of aromatic hydroxyl groups is 1. The molecule has 0 aliphatic carbocycles. The summed E-state index contributed by atoms with van der Waals surface area (Å²) >= 11 is 0. The number of phenols is 1. The van der Waals surface area contributed by atoms with Crippen LogP contribution in [0.2, 0.25) is 0 Å². The number of nitrogens with one attached hydrogen (secondary N) is 1. The smallest absolute Gasteiger partial charge is 0.344 e. The van der Waals surface area contributed by atoms with Crippen LogP contribution in [-0.2, 0) is 9.53 Å². The van der Waals surface area contributed by atoms with Crippen molar-refractivity contribution < 1.29 is 24.2 Å². The van der Waals surface area contributed by atoms with E-state index in [0.29, 0.717) is 5.75 Å². The Kier molecular flexibility index (Phi) is 6.54. The fraction of sp³-hybridized carbons (Fsp3) is 0.250. The van der Waals surface area contributed by atoms with Gasteiger partial charge in [-0.15, -0.1) is 0 Å². The molecule has 0 unspecified atom stereocenters. The monoisotopic (exact) mass is 370 g/mol. The molecule has 27 heavy (non-hydrogen) atoms. The highest BCUT2D eigenvalue weighted by molar-refractivity contribution is 5.97. The lowest BCUT2D eigenvalue weighted by Crippen LogP contribution is -2.27. The molecule has 0 spiro atoms. The van der Waals surface area contributed by atoms with Crippen LogP contribution in [0.3, 0.4) is 0 Å². The third-order valence-corrected chi connectivity index (χ3v) is 3.19. The molecule has 2 rings (SSSR count). The minimum atomic E-state index is -0.554. The van der Waals surface area contributed by atoms with E-state index in [4.69, 9.17) is 9.47 Å². The van der Waals surface area contributed by atoms with Crippen LogP contribution >= 0.6 is 0 Å². The molecule has 0 fully saturated rings. The van der Waals surface area contributed by atoms with Gasteiger partial charge in [0.1, 0.15) is 17.1 Å². The lowest BCUT2D eigenvalue weighted by atomic mass is 10.2. The highest BCUT2D eigenvalue weighted by Gasteiger charge is 2.16. The highest BCUT2D eigenvalue weighted by Crippen LogP contribution is 2.15. The van der Waals surface area contributed by atoms with E-state index in [1.165, 1.54) is 18.3 Å². The number of phenolic OH excluding ortho intramolecular Hbond substituents is 1. The van der Waals surface area contributed by atoms with Gasteiger partial charge in [-0.2, -0.15) is 5.10 Å². The van der Waals surface area contributed by atoms with Gasteiger partial charge in [0.25, 0.3) is 5.91 Å². The summed E-state index contributed by atoms with van der Waals surface area (Å²) in [4.78, 5) is 23.5. The van der Waals surface area contributed by atoms with E-state index < -0.39 is 17.5 Å². The second-order valence-electron chi connectivity index (χ2n) is 6.66. The van der Waals surface area contributed by atoms with Crippen molar-refractivity contribution >= 4 is 18.1 Å². The third-order valence-electron chi connectivity index (χ3n) is 3.19. The zero-order valence-electron chi connectivity index (χ0n) is 15.4. The van der Waals surface area contributed by atoms with Gasteiger partial charge in [0.2, 0.25) is 0 Å². The van der Waals surface area contributed by atoms with Crippen molar-refractivity contribution in [2.24, 2.45) is 5.10 Å². The van der Waals surface area contributed by atoms with Gasteiger partial charge in [-0.1, -0.05) is 12.1 Å². The van der Waals surface area contributed by atoms with Crippen molar-refractivity contribution in [2.75, 3.05) is 6.61 Å². The van der Waals surface area contributed by atoms with Crippen molar-refractivity contribution in [3.63, 3.8) is 0 Å². The van der Waals surface area contributed by atoms with Crippen LogP contribution in [0.4, 0.5) is 0 Å². The summed E-state index contributed by atoms with van der Waals surface area (Å²) in [5.41, 5.74) is 2.65. The predicted octanol–water partition coefficient (Wildman–Crippen LogP) is 2.88. The summed E-state index contributed by atoms with van der Waals surface area (Å²) in [7, 11) is 0. The molecular formula is C20H22N2O5. The summed E-state index contributed by atoms with van der Waals surface area (Å²) in [5, 5.41) is 13.5. The number of hydrogen-bond acceptors (Lipinski definition) is 6. The van der Waals surface area contributed by atoms with Gasteiger partial charge in [0.05, 0.1) is 11.8 Å². The molecule has 0 saturated heterocycles. The molecule has 0 atom stereocenters. The molecule has 7 nitrogen and oxygen atoms in total. The molecule has 0 aliphatic rings. The van der Waals surface area contributed by atoms with E-state index in [0.717, 1.165) is 5.56 Å². The van der Waals surface area contributed by atoms with Gasteiger partial charge in [-0.05, 0) is 62.7 Å². The van der Waals surface area contributed by atoms with Crippen LogP contribution < -0.4 is 10.2 Å². The first kappa shape index (κ1) is 20.0. The van der Waals surface area contributed by atoms with Crippen LogP contribution in [0.5, 0.6) is 11.5 Å².